The molecule has 2 aromatic rings. The molecule has 0 bridgehead atoms. The molecule has 2 aliphatic heterocycles. The van der Waals surface area contributed by atoms with Crippen molar-refractivity contribution in [2.75, 3.05) is 33.5 Å². The Labute approximate surface area is 213 Å². The van der Waals surface area contributed by atoms with Crippen molar-refractivity contribution in [3.8, 4) is 11.5 Å². The summed E-state index contributed by atoms with van der Waals surface area (Å²) < 4.78 is 16.1. The number of oxazole rings is 1. The lowest BCUT2D eigenvalue weighted by Crippen LogP contribution is -2.34. The fraction of sp³-hybridized carbons (Fsp3) is 0.593. The van der Waals surface area contributed by atoms with Crippen LogP contribution in [0.15, 0.2) is 35.1 Å². The average molecular weight is 502 g/mol. The molecule has 1 saturated heterocycles. The van der Waals surface area contributed by atoms with Crippen molar-refractivity contribution in [3.63, 3.8) is 0 Å². The summed E-state index contributed by atoms with van der Waals surface area (Å²) in [6.07, 6.45) is 10.0. The first-order valence-electron chi connectivity index (χ1n) is 12.9. The molecule has 1 aromatic heterocycles. The van der Waals surface area contributed by atoms with Crippen LogP contribution < -0.4 is 9.47 Å². The van der Waals surface area contributed by atoms with Crippen LogP contribution in [0.4, 0.5) is 0 Å². The van der Waals surface area contributed by atoms with Crippen LogP contribution in [-0.4, -0.2) is 71.8 Å². The number of aryl methyl sites for hydroxylation is 1. The summed E-state index contributed by atoms with van der Waals surface area (Å²) in [6.45, 7) is 7.04. The fourth-order valence-corrected chi connectivity index (χ4v) is 4.88. The van der Waals surface area contributed by atoms with Gasteiger partial charge >= 0.3 is 5.97 Å². The molecule has 198 valence electrons. The molecular weight excluding hydrogens is 462 g/mol. The van der Waals surface area contributed by atoms with Crippen LogP contribution in [0.2, 0.25) is 0 Å². The monoisotopic (exact) mass is 501 g/mol. The first-order chi connectivity index (χ1) is 17.5. The summed E-state index contributed by atoms with van der Waals surface area (Å²) in [7, 11) is 1.98. The third-order valence-electron chi connectivity index (χ3n) is 6.89. The summed E-state index contributed by atoms with van der Waals surface area (Å²) in [5.74, 6) is 0.690. The molecule has 1 aromatic carbocycles. The van der Waals surface area contributed by atoms with E-state index in [4.69, 9.17) is 13.9 Å². The van der Waals surface area contributed by atoms with Gasteiger partial charge in [0.2, 0.25) is 13.2 Å². The Morgan fingerprint density at radius 2 is 1.92 bits per heavy atom. The molecule has 36 heavy (non-hydrogen) atoms. The zero-order valence-corrected chi connectivity index (χ0v) is 21.6. The van der Waals surface area contributed by atoms with Crippen LogP contribution in [0.1, 0.15) is 63.3 Å². The second kappa shape index (κ2) is 13.9. The van der Waals surface area contributed by atoms with Crippen LogP contribution in [0.3, 0.4) is 0 Å². The second-order valence-electron chi connectivity index (χ2n) is 9.40. The minimum Gasteiger partial charge on any atom is -0.481 e. The molecule has 9 heteroatoms. The van der Waals surface area contributed by atoms with Gasteiger partial charge in [-0.3, -0.25) is 9.59 Å². The number of unbranched alkanes of at least 4 members (excludes halogenated alkanes) is 2. The number of carboxylic acids is 1. The Kier molecular flexibility index (Phi) is 10.6. The van der Waals surface area contributed by atoms with Gasteiger partial charge in [-0.1, -0.05) is 32.8 Å². The molecular formula is C27H39N3O6. The normalized spacial score (nSPS) is 20.6. The van der Waals surface area contributed by atoms with Gasteiger partial charge in [-0.2, -0.15) is 0 Å². The Morgan fingerprint density at radius 3 is 2.53 bits per heavy atom. The highest BCUT2D eigenvalue weighted by Crippen LogP contribution is 2.42. The van der Waals surface area contributed by atoms with Crippen LogP contribution in [0, 0.1) is 5.92 Å². The van der Waals surface area contributed by atoms with E-state index in [1.54, 1.807) is 6.20 Å². The molecule has 4 rings (SSSR count). The van der Waals surface area contributed by atoms with Gasteiger partial charge in [0.05, 0.1) is 12.1 Å². The van der Waals surface area contributed by atoms with E-state index in [9.17, 15) is 14.7 Å². The van der Waals surface area contributed by atoms with Gasteiger partial charge < -0.3 is 28.8 Å². The standard InChI is InChI=1S/C18H20N2O5.C9H19NO/c1-20-9-12(11-2-4-14-15(8-11)25-10-24-14)17(18(21)22)13(20)3-5-16-19-6-7-23-16;1-3-5-7-10(9-11)8-6-4-2/h2,4,6-8,12-13,17H,3,5,9-10H2,1H3,(H,21,22);9H,3-8H2,1-2H3. The molecule has 3 heterocycles. The van der Waals surface area contributed by atoms with E-state index in [0.29, 0.717) is 36.8 Å². The maximum Gasteiger partial charge on any atom is 0.308 e. The van der Waals surface area contributed by atoms with Crippen molar-refractivity contribution >= 4 is 12.4 Å². The van der Waals surface area contributed by atoms with Crippen molar-refractivity contribution in [1.29, 1.82) is 0 Å². The number of nitrogens with zero attached hydrogens (tertiary/aromatic N) is 3. The highest BCUT2D eigenvalue weighted by atomic mass is 16.7. The van der Waals surface area contributed by atoms with Crippen molar-refractivity contribution in [2.45, 2.75) is 64.3 Å². The third kappa shape index (κ3) is 7.22. The van der Waals surface area contributed by atoms with Gasteiger partial charge in [-0.25, -0.2) is 4.98 Å². The highest BCUT2D eigenvalue weighted by Gasteiger charge is 2.45. The van der Waals surface area contributed by atoms with Crippen LogP contribution in [0.5, 0.6) is 11.5 Å². The van der Waals surface area contributed by atoms with E-state index in [2.05, 4.69) is 23.7 Å². The van der Waals surface area contributed by atoms with Crippen molar-refractivity contribution in [1.82, 2.24) is 14.8 Å². The number of likely N-dealkylation sites (tertiary alicyclic amines) is 1. The SMILES string of the molecule is CCCCN(C=O)CCCC.CN1CC(c2ccc3c(c2)OCO3)C(C(=O)O)C1CCc1ncco1. The first-order valence-corrected chi connectivity index (χ1v) is 12.9. The minimum atomic E-state index is -0.774. The van der Waals surface area contributed by atoms with Gasteiger partial charge in [-0.05, 0) is 44.0 Å². The molecule has 1 fully saturated rings. The van der Waals surface area contributed by atoms with Crippen LogP contribution in [-0.2, 0) is 16.0 Å². The molecule has 1 N–H and O–H groups in total. The van der Waals surface area contributed by atoms with E-state index in [-0.39, 0.29) is 18.8 Å². The number of rotatable bonds is 12. The van der Waals surface area contributed by atoms with Gasteiger partial charge in [0, 0.05) is 38.0 Å². The van der Waals surface area contributed by atoms with E-state index < -0.39 is 11.9 Å². The van der Waals surface area contributed by atoms with Gasteiger partial charge in [0.15, 0.2) is 17.4 Å². The summed E-state index contributed by atoms with van der Waals surface area (Å²) in [5, 5.41) is 9.86. The number of ether oxygens (including phenoxy) is 2. The zero-order chi connectivity index (χ0) is 25.9. The molecule has 0 saturated carbocycles. The number of hydrogen-bond donors (Lipinski definition) is 1. The molecule has 0 aliphatic carbocycles. The molecule has 0 radical (unpaired) electrons. The summed E-state index contributed by atoms with van der Waals surface area (Å²) in [6, 6.07) is 5.64. The number of carbonyl (C=O) groups is 2. The molecule has 2 aliphatic rings. The predicted octanol–water partition coefficient (Wildman–Crippen LogP) is 4.18. The predicted molar refractivity (Wildman–Crippen MR) is 135 cm³/mol. The number of hydrogen-bond acceptors (Lipinski definition) is 7. The molecule has 0 spiro atoms. The summed E-state index contributed by atoms with van der Waals surface area (Å²) in [4.78, 5) is 30.6. The maximum absolute atomic E-state index is 12.0. The number of fused-ring (bicyclic) bond motifs is 1. The van der Waals surface area contributed by atoms with Gasteiger partial charge in [0.1, 0.15) is 6.26 Å². The minimum absolute atomic E-state index is 0.0696. The number of likely N-dealkylation sites (N-methyl/N-ethyl adjacent to an activating group) is 1. The number of carbonyl (C=O) groups excluding carboxylic acids is 1. The van der Waals surface area contributed by atoms with E-state index in [1.165, 1.54) is 6.26 Å². The molecule has 9 nitrogen and oxygen atoms in total. The topological polar surface area (TPSA) is 105 Å². The summed E-state index contributed by atoms with van der Waals surface area (Å²) in [5.41, 5.74) is 0.974. The van der Waals surface area contributed by atoms with Crippen molar-refractivity contribution in [2.24, 2.45) is 5.92 Å². The number of aromatic nitrogens is 1. The van der Waals surface area contributed by atoms with E-state index in [1.807, 2.05) is 30.1 Å². The third-order valence-corrected chi connectivity index (χ3v) is 6.89. The second-order valence-corrected chi connectivity index (χ2v) is 9.40. The zero-order valence-electron chi connectivity index (χ0n) is 21.6. The van der Waals surface area contributed by atoms with Crippen LogP contribution >= 0.6 is 0 Å². The lowest BCUT2D eigenvalue weighted by molar-refractivity contribution is -0.143. The largest absolute Gasteiger partial charge is 0.481 e. The number of benzene rings is 1. The number of aliphatic carboxylic acids is 1. The van der Waals surface area contributed by atoms with Crippen LogP contribution in [0.25, 0.3) is 0 Å². The first kappa shape index (κ1) is 27.5. The quantitative estimate of drug-likeness (QED) is 0.432. The smallest absolute Gasteiger partial charge is 0.308 e. The van der Waals surface area contributed by atoms with Gasteiger partial charge in [-0.15, -0.1) is 0 Å². The van der Waals surface area contributed by atoms with E-state index >= 15 is 0 Å². The Hall–Kier alpha value is -3.07. The van der Waals surface area contributed by atoms with Gasteiger partial charge in [0.25, 0.3) is 0 Å². The van der Waals surface area contributed by atoms with Crippen molar-refractivity contribution < 1.29 is 28.6 Å². The van der Waals surface area contributed by atoms with Crippen molar-refractivity contribution in [3.05, 3.63) is 42.1 Å². The Bertz CT molecular complexity index is 943. The molecule has 3 atom stereocenters. The Balaban J connectivity index is 0.000000280. The maximum atomic E-state index is 12.0. The molecule has 3 unspecified atom stereocenters. The number of carboxylic acid groups (broad SMARTS) is 1. The van der Waals surface area contributed by atoms with E-state index in [0.717, 1.165) is 50.7 Å². The number of amides is 1. The Morgan fingerprint density at radius 1 is 1.19 bits per heavy atom. The average Bonchev–Trinajstić information content (AvgIpc) is 3.63. The lowest BCUT2D eigenvalue weighted by Gasteiger charge is -2.23. The fourth-order valence-electron chi connectivity index (χ4n) is 4.88. The molecule has 1 amide bonds. The highest BCUT2D eigenvalue weighted by molar-refractivity contribution is 5.73. The summed E-state index contributed by atoms with van der Waals surface area (Å²) >= 11 is 0. The lowest BCUT2D eigenvalue weighted by atomic mass is 9.83.